The summed E-state index contributed by atoms with van der Waals surface area (Å²) < 4.78 is 0. The van der Waals surface area contributed by atoms with Crippen LogP contribution in [0.3, 0.4) is 0 Å². The van der Waals surface area contributed by atoms with Gasteiger partial charge in [0.15, 0.2) is 0 Å². The molecule has 1 spiro atoms. The summed E-state index contributed by atoms with van der Waals surface area (Å²) in [5.41, 5.74) is 7.26. The van der Waals surface area contributed by atoms with Crippen molar-refractivity contribution in [3.05, 3.63) is 58.9 Å². The van der Waals surface area contributed by atoms with Crippen LogP contribution in [-0.4, -0.2) is 19.4 Å². The third-order valence-electron chi connectivity index (χ3n) is 8.69. The van der Waals surface area contributed by atoms with Gasteiger partial charge in [0.2, 0.25) is 0 Å². The molecule has 0 amide bonds. The predicted molar refractivity (Wildman–Crippen MR) is 130 cm³/mol. The normalized spacial score (nSPS) is 27.3. The van der Waals surface area contributed by atoms with Crippen molar-refractivity contribution in [2.24, 2.45) is 5.41 Å². The van der Waals surface area contributed by atoms with E-state index in [9.17, 15) is 0 Å². The monoisotopic (exact) mass is 412 g/mol. The summed E-state index contributed by atoms with van der Waals surface area (Å²) in [6, 6.07) is 11.8. The third-order valence-corrected chi connectivity index (χ3v) is 8.69. The quantitative estimate of drug-likeness (QED) is 0.646. The Morgan fingerprint density at radius 2 is 1.87 bits per heavy atom. The summed E-state index contributed by atoms with van der Waals surface area (Å²) in [4.78, 5) is 4.90. The molecule has 2 aromatic rings. The van der Waals surface area contributed by atoms with Gasteiger partial charge in [-0.3, -0.25) is 4.98 Å². The summed E-state index contributed by atoms with van der Waals surface area (Å²) in [5, 5.41) is 3.96. The van der Waals surface area contributed by atoms with Gasteiger partial charge in [-0.25, -0.2) is 0 Å². The van der Waals surface area contributed by atoms with Crippen molar-refractivity contribution in [1.82, 2.24) is 10.3 Å². The molecule has 31 heavy (non-hydrogen) atoms. The Morgan fingerprint density at radius 3 is 2.68 bits per heavy atom. The van der Waals surface area contributed by atoms with Crippen LogP contribution in [0.2, 0.25) is 0 Å². The lowest BCUT2D eigenvalue weighted by molar-refractivity contribution is 0.0615. The van der Waals surface area contributed by atoms with Crippen molar-refractivity contribution in [3.63, 3.8) is 0 Å². The van der Waals surface area contributed by atoms with Gasteiger partial charge in [0, 0.05) is 23.3 Å². The number of fused-ring (bicyclic) bond motifs is 1. The zero-order chi connectivity index (χ0) is 21.3. The van der Waals surface area contributed by atoms with E-state index >= 15 is 0 Å². The summed E-state index contributed by atoms with van der Waals surface area (Å²) in [6.45, 7) is 3.28. The molecular formula is C28H37BN2. The van der Waals surface area contributed by atoms with Gasteiger partial charge >= 0.3 is 0 Å². The van der Waals surface area contributed by atoms with E-state index in [0.717, 1.165) is 12.0 Å². The first kappa shape index (κ1) is 21.3. The number of benzene rings is 1. The average Bonchev–Trinajstić information content (AvgIpc) is 3.17. The molecule has 1 heterocycles. The van der Waals surface area contributed by atoms with Crippen molar-refractivity contribution < 1.29 is 0 Å². The van der Waals surface area contributed by atoms with E-state index in [4.69, 9.17) is 12.8 Å². The van der Waals surface area contributed by atoms with E-state index in [1.54, 1.807) is 0 Å². The smallest absolute Gasteiger partial charge is 0.115 e. The highest BCUT2D eigenvalue weighted by Crippen LogP contribution is 2.55. The predicted octanol–water partition coefficient (Wildman–Crippen LogP) is 5.61. The third kappa shape index (κ3) is 4.36. The molecule has 1 aromatic heterocycles. The minimum Gasteiger partial charge on any atom is -0.310 e. The summed E-state index contributed by atoms with van der Waals surface area (Å²) in [6.07, 6.45) is 18.0. The van der Waals surface area contributed by atoms with Gasteiger partial charge in [-0.1, -0.05) is 61.0 Å². The SMILES string of the molecule is [B]c1ccc(C2(CCNC3CCc4ccc(C)cc43)CCCC3(CCCCC3)C2)nc1. The van der Waals surface area contributed by atoms with Crippen LogP contribution in [0.5, 0.6) is 0 Å². The maximum absolute atomic E-state index is 6.00. The fourth-order valence-corrected chi connectivity index (χ4v) is 7.12. The Kier molecular flexibility index (Phi) is 5.99. The van der Waals surface area contributed by atoms with Gasteiger partial charge in [-0.15, -0.1) is 0 Å². The Bertz CT molecular complexity index is 894. The van der Waals surface area contributed by atoms with E-state index in [1.165, 1.54) is 99.4 Å². The number of rotatable bonds is 5. The van der Waals surface area contributed by atoms with Crippen LogP contribution in [0.15, 0.2) is 36.5 Å². The molecule has 0 aliphatic heterocycles. The van der Waals surface area contributed by atoms with E-state index in [1.807, 2.05) is 6.20 Å². The highest BCUT2D eigenvalue weighted by Gasteiger charge is 2.46. The van der Waals surface area contributed by atoms with Crippen molar-refractivity contribution in [2.75, 3.05) is 6.54 Å². The second kappa shape index (κ2) is 8.73. The molecule has 0 saturated heterocycles. The molecule has 162 valence electrons. The number of hydrogen-bond acceptors (Lipinski definition) is 2. The standard InChI is InChI=1S/C28H37BN2/c1-21-6-7-22-8-10-25(24(22)18-21)30-17-16-28(26-11-9-23(29)19-31-26)15-5-14-27(20-28)12-3-2-4-13-27/h6-7,9,11,18-19,25,30H,2-5,8,10,12-17,20H2,1H3. The Labute approximate surface area is 190 Å². The molecule has 3 heteroatoms. The lowest BCUT2D eigenvalue weighted by Crippen LogP contribution is -2.43. The molecule has 2 fully saturated rings. The first-order chi connectivity index (χ1) is 15.1. The number of aromatic nitrogens is 1. The lowest BCUT2D eigenvalue weighted by atomic mass is 9.55. The highest BCUT2D eigenvalue weighted by molar-refractivity contribution is 6.32. The first-order valence-electron chi connectivity index (χ1n) is 12.6. The fourth-order valence-electron chi connectivity index (χ4n) is 7.12. The van der Waals surface area contributed by atoms with Crippen molar-refractivity contribution >= 4 is 13.3 Å². The Hall–Kier alpha value is -1.61. The Balaban J connectivity index is 1.35. The van der Waals surface area contributed by atoms with Crippen molar-refractivity contribution in [3.8, 4) is 0 Å². The molecule has 5 rings (SSSR count). The van der Waals surface area contributed by atoms with E-state index in [-0.39, 0.29) is 5.41 Å². The van der Waals surface area contributed by atoms with Gasteiger partial charge in [0.05, 0.1) is 0 Å². The van der Waals surface area contributed by atoms with E-state index in [2.05, 4.69) is 42.6 Å². The topological polar surface area (TPSA) is 24.9 Å². The van der Waals surface area contributed by atoms with Crippen molar-refractivity contribution in [2.45, 2.75) is 95.4 Å². The average molecular weight is 412 g/mol. The molecule has 2 saturated carbocycles. The van der Waals surface area contributed by atoms with Gasteiger partial charge in [0.1, 0.15) is 7.85 Å². The van der Waals surface area contributed by atoms with Crippen LogP contribution < -0.4 is 10.8 Å². The number of pyridine rings is 1. The summed E-state index contributed by atoms with van der Waals surface area (Å²) in [7, 11) is 6.00. The molecular weight excluding hydrogens is 375 g/mol. The fraction of sp³-hybridized carbons (Fsp3) is 0.607. The van der Waals surface area contributed by atoms with Gasteiger partial charge < -0.3 is 5.32 Å². The number of nitrogens with one attached hydrogen (secondary N) is 1. The minimum atomic E-state index is 0.199. The van der Waals surface area contributed by atoms with Gasteiger partial charge in [0.25, 0.3) is 0 Å². The number of hydrogen-bond donors (Lipinski definition) is 1. The summed E-state index contributed by atoms with van der Waals surface area (Å²) >= 11 is 0. The van der Waals surface area contributed by atoms with E-state index < -0.39 is 0 Å². The van der Waals surface area contributed by atoms with Crippen LogP contribution in [0.25, 0.3) is 0 Å². The Morgan fingerprint density at radius 1 is 1.03 bits per heavy atom. The summed E-state index contributed by atoms with van der Waals surface area (Å²) in [5.74, 6) is 0. The van der Waals surface area contributed by atoms with Crippen LogP contribution in [0.1, 0.15) is 99.1 Å². The van der Waals surface area contributed by atoms with Crippen LogP contribution in [-0.2, 0) is 11.8 Å². The van der Waals surface area contributed by atoms with Crippen LogP contribution in [0, 0.1) is 12.3 Å². The van der Waals surface area contributed by atoms with Gasteiger partial charge in [-0.2, -0.15) is 0 Å². The maximum atomic E-state index is 6.00. The molecule has 3 aliphatic rings. The molecule has 1 N–H and O–H groups in total. The second-order valence-electron chi connectivity index (χ2n) is 10.8. The van der Waals surface area contributed by atoms with Crippen molar-refractivity contribution in [1.29, 1.82) is 0 Å². The minimum absolute atomic E-state index is 0.199. The molecule has 2 nitrogen and oxygen atoms in total. The molecule has 1 aromatic carbocycles. The first-order valence-corrected chi connectivity index (χ1v) is 12.6. The van der Waals surface area contributed by atoms with Crippen LogP contribution >= 0.6 is 0 Å². The zero-order valence-electron chi connectivity index (χ0n) is 19.3. The molecule has 2 unspecified atom stereocenters. The lowest BCUT2D eigenvalue weighted by Gasteiger charge is -2.50. The number of nitrogens with zero attached hydrogens (tertiary/aromatic N) is 1. The molecule has 3 aliphatic carbocycles. The molecule has 2 atom stereocenters. The van der Waals surface area contributed by atoms with Gasteiger partial charge in [-0.05, 0) is 87.4 Å². The molecule has 0 bridgehead atoms. The second-order valence-corrected chi connectivity index (χ2v) is 10.8. The maximum Gasteiger partial charge on any atom is 0.115 e. The molecule has 2 radical (unpaired) electrons. The highest BCUT2D eigenvalue weighted by atomic mass is 14.9. The number of aryl methyl sites for hydroxylation is 2. The van der Waals surface area contributed by atoms with Crippen LogP contribution in [0.4, 0.5) is 0 Å². The van der Waals surface area contributed by atoms with E-state index in [0.29, 0.717) is 11.5 Å². The largest absolute Gasteiger partial charge is 0.310 e. The zero-order valence-corrected chi connectivity index (χ0v) is 19.3.